The van der Waals surface area contributed by atoms with Crippen LogP contribution in [0.5, 0.6) is 11.5 Å². The second kappa shape index (κ2) is 10.8. The highest BCUT2D eigenvalue weighted by molar-refractivity contribution is 6.48. The summed E-state index contributed by atoms with van der Waals surface area (Å²) in [6.45, 7) is 1.67. The van der Waals surface area contributed by atoms with E-state index >= 15 is 0 Å². The van der Waals surface area contributed by atoms with E-state index in [9.17, 15) is 24.6 Å². The quantitative estimate of drug-likeness (QED) is 0.299. The van der Waals surface area contributed by atoms with Gasteiger partial charge in [0.2, 0.25) is 5.91 Å². The zero-order valence-electron chi connectivity index (χ0n) is 19.4. The predicted molar refractivity (Wildman–Crippen MR) is 133 cm³/mol. The number of hydrogen-bond donors (Lipinski definition) is 5. The lowest BCUT2D eigenvalue weighted by Crippen LogP contribution is -2.24. The van der Waals surface area contributed by atoms with Crippen LogP contribution in [0.4, 0.5) is 11.4 Å². The highest BCUT2D eigenvalue weighted by Gasteiger charge is 2.23. The molecule has 0 aliphatic heterocycles. The summed E-state index contributed by atoms with van der Waals surface area (Å²) in [7, 11) is 1.47. The number of carbonyl (C=O) groups is 3. The van der Waals surface area contributed by atoms with Crippen molar-refractivity contribution in [2.75, 3.05) is 17.7 Å². The van der Waals surface area contributed by atoms with Crippen LogP contribution in [-0.2, 0) is 9.59 Å². The summed E-state index contributed by atoms with van der Waals surface area (Å²) in [5.41, 5.74) is 0.0149. The third-order valence-electron chi connectivity index (χ3n) is 5.25. The van der Waals surface area contributed by atoms with Crippen molar-refractivity contribution in [1.82, 2.24) is 0 Å². The molecule has 0 heterocycles. The van der Waals surface area contributed by atoms with Crippen molar-refractivity contribution >= 4 is 34.9 Å². The summed E-state index contributed by atoms with van der Waals surface area (Å²) >= 11 is 0. The summed E-state index contributed by atoms with van der Waals surface area (Å²) in [6, 6.07) is 15.0. The van der Waals surface area contributed by atoms with E-state index in [1.807, 2.05) is 6.07 Å². The number of benzene rings is 3. The van der Waals surface area contributed by atoms with Crippen LogP contribution in [-0.4, -0.2) is 40.8 Å². The van der Waals surface area contributed by atoms with E-state index in [-0.39, 0.29) is 40.4 Å². The first-order valence-electron chi connectivity index (χ1n) is 10.7. The fourth-order valence-electron chi connectivity index (χ4n) is 3.43. The summed E-state index contributed by atoms with van der Waals surface area (Å²) < 4.78 is 5.41. The van der Waals surface area contributed by atoms with Gasteiger partial charge in [0.1, 0.15) is 17.2 Å². The molecule has 0 aromatic heterocycles. The lowest BCUT2D eigenvalue weighted by molar-refractivity contribution is -0.116. The van der Waals surface area contributed by atoms with Gasteiger partial charge in [-0.1, -0.05) is 25.1 Å². The van der Waals surface area contributed by atoms with E-state index < -0.39 is 23.3 Å². The molecule has 0 saturated heterocycles. The van der Waals surface area contributed by atoms with Gasteiger partial charge in [-0.2, -0.15) is 5.26 Å². The fourth-order valence-corrected chi connectivity index (χ4v) is 3.43. The Morgan fingerprint density at radius 3 is 2.36 bits per heavy atom. The van der Waals surface area contributed by atoms with Gasteiger partial charge in [-0.05, 0) is 30.3 Å². The third-order valence-corrected chi connectivity index (χ3v) is 5.25. The number of carboxylic acid groups (broad SMARTS) is 1. The first kappa shape index (κ1) is 25.5. The first-order chi connectivity index (χ1) is 17.2. The molecule has 182 valence electrons. The number of phenols is 1. The number of aromatic hydroxyl groups is 1. The Kier molecular flexibility index (Phi) is 7.66. The van der Waals surface area contributed by atoms with Gasteiger partial charge in [0.05, 0.1) is 35.7 Å². The Labute approximate surface area is 206 Å². The number of rotatable bonds is 8. The van der Waals surface area contributed by atoms with Crippen molar-refractivity contribution in [3.8, 4) is 28.7 Å². The predicted octanol–water partition coefficient (Wildman–Crippen LogP) is 3.99. The van der Waals surface area contributed by atoms with E-state index in [0.717, 1.165) is 6.07 Å². The molecular formula is C26H22N4O6. The van der Waals surface area contributed by atoms with Crippen LogP contribution < -0.4 is 15.4 Å². The molecular weight excluding hydrogens is 464 g/mol. The highest BCUT2D eigenvalue weighted by atomic mass is 16.5. The minimum atomic E-state index is -1.37. The van der Waals surface area contributed by atoms with Gasteiger partial charge >= 0.3 is 5.97 Å². The Morgan fingerprint density at radius 1 is 1.00 bits per heavy atom. The minimum absolute atomic E-state index is 0.0873. The minimum Gasteiger partial charge on any atom is -0.507 e. The van der Waals surface area contributed by atoms with Crippen molar-refractivity contribution < 1.29 is 29.3 Å². The van der Waals surface area contributed by atoms with Crippen molar-refractivity contribution in [2.45, 2.75) is 13.3 Å². The van der Waals surface area contributed by atoms with Gasteiger partial charge in [0, 0.05) is 29.2 Å². The smallest absolute Gasteiger partial charge is 0.337 e. The zero-order chi connectivity index (χ0) is 26.4. The molecule has 0 aliphatic rings. The fraction of sp³-hybridized carbons (Fsp3) is 0.115. The summed E-state index contributed by atoms with van der Waals surface area (Å²) in [5.74, 6) is -2.66. The number of nitrogens with zero attached hydrogens (tertiary/aromatic N) is 1. The number of ether oxygens (including phenoxy) is 1. The molecule has 3 aromatic rings. The lowest BCUT2D eigenvalue weighted by atomic mass is 9.96. The maximum absolute atomic E-state index is 12.9. The number of carbonyl (C=O) groups excluding carboxylic acids is 2. The number of phenolic OH excluding ortho intramolecular Hbond substituents is 1. The molecule has 3 rings (SSSR count). The number of nitriles is 1. The Hall–Kier alpha value is -5.17. The van der Waals surface area contributed by atoms with E-state index in [1.165, 1.54) is 31.4 Å². The topological polar surface area (TPSA) is 173 Å². The second-order valence-electron chi connectivity index (χ2n) is 7.52. The van der Waals surface area contributed by atoms with Crippen molar-refractivity contribution in [3.63, 3.8) is 0 Å². The number of aromatic carboxylic acids is 1. The van der Waals surface area contributed by atoms with E-state index in [1.54, 1.807) is 31.2 Å². The number of para-hydroxylation sites is 1. The van der Waals surface area contributed by atoms with Crippen LogP contribution in [0.3, 0.4) is 0 Å². The van der Waals surface area contributed by atoms with Crippen molar-refractivity contribution in [3.05, 3.63) is 71.3 Å². The van der Waals surface area contributed by atoms with Crippen LogP contribution in [0.25, 0.3) is 11.1 Å². The number of carboxylic acids is 1. The molecule has 0 atom stereocenters. The van der Waals surface area contributed by atoms with Crippen molar-refractivity contribution in [2.24, 2.45) is 0 Å². The number of nitrogens with one attached hydrogen (secondary N) is 3. The number of methoxy groups -OCH3 is 1. The first-order valence-corrected chi connectivity index (χ1v) is 10.7. The SMILES string of the molecule is CCC(=O)Nc1cc(O)c(C(=N)C(=O)Nc2ccc(C#N)cc2C(=O)O)cc1-c1ccccc1OC. The Morgan fingerprint density at radius 2 is 1.72 bits per heavy atom. The Balaban J connectivity index is 2.06. The summed E-state index contributed by atoms with van der Waals surface area (Å²) in [4.78, 5) is 36.5. The second-order valence-corrected chi connectivity index (χ2v) is 7.52. The summed E-state index contributed by atoms with van der Waals surface area (Å²) in [6.07, 6.45) is 0.183. The van der Waals surface area contributed by atoms with Gasteiger partial charge in [0.25, 0.3) is 5.91 Å². The Bertz CT molecular complexity index is 1420. The van der Waals surface area contributed by atoms with Gasteiger partial charge in [0.15, 0.2) is 0 Å². The van der Waals surface area contributed by atoms with Crippen molar-refractivity contribution in [1.29, 1.82) is 10.7 Å². The molecule has 0 aliphatic carbocycles. The molecule has 0 fully saturated rings. The van der Waals surface area contributed by atoms with Gasteiger partial charge < -0.3 is 25.6 Å². The molecule has 3 aromatic carbocycles. The normalized spacial score (nSPS) is 10.1. The van der Waals surface area contributed by atoms with E-state index in [0.29, 0.717) is 16.9 Å². The molecule has 36 heavy (non-hydrogen) atoms. The molecule has 10 nitrogen and oxygen atoms in total. The van der Waals surface area contributed by atoms with Gasteiger partial charge in [-0.15, -0.1) is 0 Å². The molecule has 0 spiro atoms. The maximum Gasteiger partial charge on any atom is 0.337 e. The molecule has 0 bridgehead atoms. The number of anilines is 2. The standard InChI is InChI=1S/C26H22N4O6/c1-3-23(32)29-20-12-21(31)18(11-16(20)15-6-4-5-7-22(15)36-2)24(28)25(33)30-19-9-8-14(13-27)10-17(19)26(34)35/h4-12,28,31H,3H2,1-2H3,(H,29,32)(H,30,33)(H,34,35). The number of hydrogen-bond acceptors (Lipinski definition) is 7. The van der Waals surface area contributed by atoms with E-state index in [4.69, 9.17) is 15.4 Å². The molecule has 0 radical (unpaired) electrons. The zero-order valence-corrected chi connectivity index (χ0v) is 19.4. The monoisotopic (exact) mass is 486 g/mol. The summed E-state index contributed by atoms with van der Waals surface area (Å²) in [5, 5.41) is 42.5. The van der Waals surface area contributed by atoms with E-state index in [2.05, 4.69) is 10.6 Å². The molecule has 10 heteroatoms. The largest absolute Gasteiger partial charge is 0.507 e. The average Bonchev–Trinajstić information content (AvgIpc) is 2.88. The van der Waals surface area contributed by atoms with Gasteiger partial charge in [-0.25, -0.2) is 4.79 Å². The van der Waals surface area contributed by atoms with Crippen LogP contribution in [0.15, 0.2) is 54.6 Å². The molecule has 0 unspecified atom stereocenters. The van der Waals surface area contributed by atoms with Crippen LogP contribution in [0.2, 0.25) is 0 Å². The third kappa shape index (κ3) is 5.31. The maximum atomic E-state index is 12.9. The number of amides is 2. The van der Waals surface area contributed by atoms with Gasteiger partial charge in [-0.3, -0.25) is 15.0 Å². The molecule has 5 N–H and O–H groups in total. The molecule has 2 amide bonds. The molecule has 0 saturated carbocycles. The highest BCUT2D eigenvalue weighted by Crippen LogP contribution is 2.39. The van der Waals surface area contributed by atoms with Crippen LogP contribution >= 0.6 is 0 Å². The van der Waals surface area contributed by atoms with Crippen LogP contribution in [0, 0.1) is 16.7 Å². The van der Waals surface area contributed by atoms with Crippen LogP contribution in [0.1, 0.15) is 34.8 Å². The average molecular weight is 486 g/mol. The lowest BCUT2D eigenvalue weighted by Gasteiger charge is -2.17.